The Morgan fingerprint density at radius 3 is 2.48 bits per heavy atom. The Bertz CT molecular complexity index is 815. The van der Waals surface area contributed by atoms with Gasteiger partial charge in [0.2, 0.25) is 0 Å². The third kappa shape index (κ3) is 3.31. The van der Waals surface area contributed by atoms with E-state index in [-0.39, 0.29) is 26.3 Å². The van der Waals surface area contributed by atoms with Gasteiger partial charge in [0.15, 0.2) is 0 Å². The van der Waals surface area contributed by atoms with Crippen molar-refractivity contribution in [2.24, 2.45) is 0 Å². The largest absolute Gasteiger partial charge is 0.477 e. The van der Waals surface area contributed by atoms with Crippen molar-refractivity contribution in [3.63, 3.8) is 0 Å². The average Bonchev–Trinajstić information content (AvgIpc) is 2.73. The predicted octanol–water partition coefficient (Wildman–Crippen LogP) is 3.13. The minimum atomic E-state index is -3.97. The lowest BCUT2D eigenvalue weighted by molar-refractivity contribution is 0.0692. The number of carboxylic acid groups (broad SMARTS) is 1. The van der Waals surface area contributed by atoms with Gasteiger partial charge in [0.25, 0.3) is 10.0 Å². The van der Waals surface area contributed by atoms with Gasteiger partial charge in [0, 0.05) is 5.69 Å². The Balaban J connectivity index is 2.42. The van der Waals surface area contributed by atoms with Crippen LogP contribution in [-0.4, -0.2) is 24.5 Å². The second-order valence-electron chi connectivity index (χ2n) is 4.23. The van der Waals surface area contributed by atoms with Crippen LogP contribution in [0.3, 0.4) is 0 Å². The summed E-state index contributed by atoms with van der Waals surface area (Å²) in [4.78, 5) is 13.5. The van der Waals surface area contributed by atoms with Crippen LogP contribution < -0.4 is 4.72 Å². The van der Waals surface area contributed by atoms with Gasteiger partial charge in [0.1, 0.15) is 5.69 Å². The molecule has 0 amide bonds. The zero-order chi connectivity index (χ0) is 15.8. The van der Waals surface area contributed by atoms with E-state index < -0.39 is 16.0 Å². The fourth-order valence-corrected chi connectivity index (χ4v) is 3.14. The smallest absolute Gasteiger partial charge is 0.354 e. The molecule has 1 aromatic heterocycles. The van der Waals surface area contributed by atoms with E-state index in [9.17, 15) is 13.2 Å². The number of hydrogen-bond acceptors (Lipinski definition) is 3. The second kappa shape index (κ2) is 5.59. The molecular weight excluding hydrogens is 339 g/mol. The first-order chi connectivity index (χ1) is 9.70. The molecule has 0 saturated heterocycles. The SMILES string of the molecule is Cc1cc(NS(=O)(=O)c2ccc(Cl)c(Cl)c2)c(C(=O)O)[nH]1. The Morgan fingerprint density at radius 1 is 1.24 bits per heavy atom. The molecule has 2 aromatic rings. The number of sulfonamides is 1. The fourth-order valence-electron chi connectivity index (χ4n) is 1.69. The van der Waals surface area contributed by atoms with E-state index in [1.54, 1.807) is 6.92 Å². The lowest BCUT2D eigenvalue weighted by atomic mass is 10.4. The summed E-state index contributed by atoms with van der Waals surface area (Å²) in [7, 11) is -3.97. The van der Waals surface area contributed by atoms with Crippen molar-refractivity contribution in [1.29, 1.82) is 0 Å². The number of halogens is 2. The molecule has 0 atom stereocenters. The van der Waals surface area contributed by atoms with E-state index in [0.29, 0.717) is 5.69 Å². The molecule has 1 aromatic carbocycles. The normalized spacial score (nSPS) is 11.4. The minimum Gasteiger partial charge on any atom is -0.477 e. The van der Waals surface area contributed by atoms with Gasteiger partial charge in [0.05, 0.1) is 20.6 Å². The number of anilines is 1. The monoisotopic (exact) mass is 348 g/mol. The van der Waals surface area contributed by atoms with Gasteiger partial charge in [-0.2, -0.15) is 0 Å². The average molecular weight is 349 g/mol. The number of aryl methyl sites for hydroxylation is 1. The van der Waals surface area contributed by atoms with E-state index in [2.05, 4.69) is 9.71 Å². The number of aromatic nitrogens is 1. The lowest BCUT2D eigenvalue weighted by Gasteiger charge is -2.08. The molecule has 9 heteroatoms. The lowest BCUT2D eigenvalue weighted by Crippen LogP contribution is -2.14. The van der Waals surface area contributed by atoms with E-state index >= 15 is 0 Å². The molecule has 0 aliphatic rings. The summed E-state index contributed by atoms with van der Waals surface area (Å²) in [5, 5.41) is 9.33. The number of hydrogen-bond donors (Lipinski definition) is 3. The van der Waals surface area contributed by atoms with Gasteiger partial charge in [-0.25, -0.2) is 13.2 Å². The Labute approximate surface area is 130 Å². The molecule has 2 rings (SSSR count). The molecule has 0 radical (unpaired) electrons. The molecule has 0 unspecified atom stereocenters. The van der Waals surface area contributed by atoms with Crippen LogP contribution in [0.5, 0.6) is 0 Å². The Morgan fingerprint density at radius 2 is 1.90 bits per heavy atom. The number of aromatic amines is 1. The summed E-state index contributed by atoms with van der Waals surface area (Å²) >= 11 is 11.5. The molecule has 0 fully saturated rings. The van der Waals surface area contributed by atoms with Crippen LogP contribution in [0.15, 0.2) is 29.2 Å². The van der Waals surface area contributed by atoms with Crippen molar-refractivity contribution in [3.8, 4) is 0 Å². The number of carboxylic acids is 1. The molecule has 112 valence electrons. The molecule has 0 bridgehead atoms. The van der Waals surface area contributed by atoms with Gasteiger partial charge in [-0.05, 0) is 31.2 Å². The van der Waals surface area contributed by atoms with Gasteiger partial charge < -0.3 is 10.1 Å². The van der Waals surface area contributed by atoms with Crippen LogP contribution in [0.25, 0.3) is 0 Å². The van der Waals surface area contributed by atoms with Gasteiger partial charge in [-0.15, -0.1) is 0 Å². The number of benzene rings is 1. The number of H-pyrrole nitrogens is 1. The molecule has 0 aliphatic carbocycles. The molecular formula is C12H10Cl2N2O4S. The summed E-state index contributed by atoms with van der Waals surface area (Å²) in [5.41, 5.74) is 0.224. The van der Waals surface area contributed by atoms with Crippen molar-refractivity contribution in [1.82, 2.24) is 4.98 Å². The highest BCUT2D eigenvalue weighted by Crippen LogP contribution is 2.27. The maximum Gasteiger partial charge on any atom is 0.354 e. The molecule has 1 heterocycles. The van der Waals surface area contributed by atoms with E-state index in [0.717, 1.165) is 0 Å². The van der Waals surface area contributed by atoms with Crippen LogP contribution in [0.4, 0.5) is 5.69 Å². The van der Waals surface area contributed by atoms with Gasteiger partial charge in [-0.3, -0.25) is 4.72 Å². The summed E-state index contributed by atoms with van der Waals surface area (Å²) < 4.78 is 26.7. The van der Waals surface area contributed by atoms with Crippen molar-refractivity contribution in [3.05, 3.63) is 45.7 Å². The first-order valence-electron chi connectivity index (χ1n) is 5.61. The van der Waals surface area contributed by atoms with Crippen LogP contribution in [0.1, 0.15) is 16.2 Å². The molecule has 6 nitrogen and oxygen atoms in total. The zero-order valence-electron chi connectivity index (χ0n) is 10.6. The molecule has 0 spiro atoms. The van der Waals surface area contributed by atoms with Gasteiger partial charge >= 0.3 is 5.97 Å². The van der Waals surface area contributed by atoms with Gasteiger partial charge in [-0.1, -0.05) is 23.2 Å². The zero-order valence-corrected chi connectivity index (χ0v) is 13.0. The predicted molar refractivity (Wildman–Crippen MR) is 79.8 cm³/mol. The minimum absolute atomic E-state index is 0.0499. The van der Waals surface area contributed by atoms with Crippen LogP contribution in [-0.2, 0) is 10.0 Å². The molecule has 21 heavy (non-hydrogen) atoms. The number of carbonyl (C=O) groups is 1. The Kier molecular flexibility index (Phi) is 4.18. The van der Waals surface area contributed by atoms with Crippen molar-refractivity contribution in [2.75, 3.05) is 4.72 Å². The van der Waals surface area contributed by atoms with Crippen LogP contribution in [0, 0.1) is 6.92 Å². The number of nitrogens with one attached hydrogen (secondary N) is 2. The fraction of sp³-hybridized carbons (Fsp3) is 0.0833. The topological polar surface area (TPSA) is 99.3 Å². The van der Waals surface area contributed by atoms with E-state index in [4.69, 9.17) is 28.3 Å². The highest BCUT2D eigenvalue weighted by molar-refractivity contribution is 7.92. The first-order valence-corrected chi connectivity index (χ1v) is 7.85. The van der Waals surface area contributed by atoms with Crippen molar-refractivity contribution in [2.45, 2.75) is 11.8 Å². The molecule has 0 saturated carbocycles. The number of rotatable bonds is 4. The summed E-state index contributed by atoms with van der Waals surface area (Å²) in [6, 6.07) is 5.19. The third-order valence-electron chi connectivity index (χ3n) is 2.61. The standard InChI is InChI=1S/C12H10Cl2N2O4S/c1-6-4-10(11(15-6)12(17)18)16-21(19,20)7-2-3-8(13)9(14)5-7/h2-5,15-16H,1H3,(H,17,18). The van der Waals surface area contributed by atoms with Crippen molar-refractivity contribution >= 4 is 44.9 Å². The maximum atomic E-state index is 12.2. The quantitative estimate of drug-likeness (QED) is 0.790. The molecule has 3 N–H and O–H groups in total. The van der Waals surface area contributed by atoms with Crippen LogP contribution >= 0.6 is 23.2 Å². The summed E-state index contributed by atoms with van der Waals surface area (Å²) in [5.74, 6) is -1.27. The second-order valence-corrected chi connectivity index (χ2v) is 6.72. The summed E-state index contributed by atoms with van der Waals surface area (Å²) in [6.45, 7) is 1.61. The first kappa shape index (κ1) is 15.7. The number of aromatic carboxylic acids is 1. The highest BCUT2D eigenvalue weighted by Gasteiger charge is 2.21. The highest BCUT2D eigenvalue weighted by atomic mass is 35.5. The Hall–Kier alpha value is -1.70. The summed E-state index contributed by atoms with van der Waals surface area (Å²) in [6.07, 6.45) is 0. The molecule has 0 aliphatic heterocycles. The van der Waals surface area contributed by atoms with Crippen LogP contribution in [0.2, 0.25) is 10.0 Å². The third-order valence-corrected chi connectivity index (χ3v) is 4.71. The maximum absolute atomic E-state index is 12.2. The van der Waals surface area contributed by atoms with E-state index in [1.165, 1.54) is 24.3 Å². The van der Waals surface area contributed by atoms with Crippen molar-refractivity contribution < 1.29 is 18.3 Å². The van der Waals surface area contributed by atoms with E-state index in [1.807, 2.05) is 0 Å².